The van der Waals surface area contributed by atoms with Gasteiger partial charge < -0.3 is 9.13 Å². The summed E-state index contributed by atoms with van der Waals surface area (Å²) in [6.45, 7) is 0. The number of aromatic nitrogens is 2. The van der Waals surface area contributed by atoms with Crippen LogP contribution in [-0.4, -0.2) is 32.8 Å². The number of carbonyl (C=O) groups excluding carboxylic acids is 4. The third-order valence-corrected chi connectivity index (χ3v) is 14.7. The van der Waals surface area contributed by atoms with Crippen LogP contribution in [0.15, 0.2) is 146 Å². The maximum absolute atomic E-state index is 15.8. The number of hydrogen-bond acceptors (Lipinski definition) is 4. The Morgan fingerprint density at radius 2 is 0.526 bits per heavy atom. The van der Waals surface area contributed by atoms with Crippen LogP contribution in [0.1, 0.15) is 41.4 Å². The van der Waals surface area contributed by atoms with Crippen molar-refractivity contribution in [1.82, 2.24) is 9.13 Å². The number of hydrogen-bond donors (Lipinski definition) is 0. The van der Waals surface area contributed by atoms with Crippen LogP contribution in [0, 0.1) is 58.2 Å². The highest BCUT2D eigenvalue weighted by molar-refractivity contribution is 6.40. The standard InChI is InChI=1S/C60H24F10N4O4/c61-45-47(63)51(67)55(52(68)48(45)64)73-57(75)31-17-9-15-29-41(31)33(59(73)77)23-39(71-35-19-5-1-11-25(35)26-12-2-6-20-36(26)71)43(29)44-30-16-10-18-32-42(30)34(60(78)74(58(32)76)56-53(69)49(65)46(62)50(66)54(56)70)24-40(44)72-37-21-7-3-13-27(37)28-14-4-8-22-38(28)72/h1-24H. The summed E-state index contributed by atoms with van der Waals surface area (Å²) in [5.74, 6) is -30.4. The molecule has 0 N–H and O–H groups in total. The summed E-state index contributed by atoms with van der Waals surface area (Å²) in [5, 5.41) is 2.55. The maximum atomic E-state index is 15.8. The van der Waals surface area contributed by atoms with Crippen LogP contribution in [0.5, 0.6) is 0 Å². The van der Waals surface area contributed by atoms with Crippen molar-refractivity contribution in [3.05, 3.63) is 226 Å². The fraction of sp³-hybridized carbons (Fsp3) is 0. The first-order valence-electron chi connectivity index (χ1n) is 23.6. The van der Waals surface area contributed by atoms with Crippen LogP contribution in [0.4, 0.5) is 55.3 Å². The summed E-state index contributed by atoms with van der Waals surface area (Å²) in [5.41, 5.74) is -2.85. The number of imide groups is 2. The fourth-order valence-electron chi connectivity index (χ4n) is 11.5. The number of halogens is 10. The lowest BCUT2D eigenvalue weighted by atomic mass is 9.82. The minimum Gasteiger partial charge on any atom is -0.309 e. The molecule has 4 heterocycles. The third-order valence-electron chi connectivity index (χ3n) is 14.7. The number of amides is 4. The van der Waals surface area contributed by atoms with Gasteiger partial charge in [0.1, 0.15) is 11.4 Å². The van der Waals surface area contributed by atoms with Gasteiger partial charge in [-0.15, -0.1) is 0 Å². The van der Waals surface area contributed by atoms with E-state index in [1.165, 1.54) is 48.5 Å². The molecular formula is C60H24F10N4O4. The maximum Gasteiger partial charge on any atom is 0.266 e. The number of nitrogens with zero attached hydrogens (tertiary/aromatic N) is 4. The first kappa shape index (κ1) is 46.4. The number of rotatable bonds is 5. The number of para-hydroxylation sites is 4. The van der Waals surface area contributed by atoms with Crippen molar-refractivity contribution in [3.8, 4) is 22.5 Å². The van der Waals surface area contributed by atoms with Crippen molar-refractivity contribution >= 4 is 100 Å². The molecule has 4 amide bonds. The molecule has 0 spiro atoms. The average molecular weight is 1050 g/mol. The lowest BCUT2D eigenvalue weighted by Gasteiger charge is -2.32. The van der Waals surface area contributed by atoms with Crippen molar-refractivity contribution < 1.29 is 63.1 Å². The van der Waals surface area contributed by atoms with E-state index in [4.69, 9.17) is 0 Å². The van der Waals surface area contributed by atoms with E-state index < -0.39 is 115 Å². The van der Waals surface area contributed by atoms with E-state index in [9.17, 15) is 18.4 Å². The van der Waals surface area contributed by atoms with E-state index in [1.807, 2.05) is 24.3 Å². The van der Waals surface area contributed by atoms with Gasteiger partial charge >= 0.3 is 0 Å². The SMILES string of the molecule is O=C1c2cccc3c(-c4c(-n5c6ccccc6c6ccccc65)cc5c6c(cccc46)C(=O)N(c4c(F)c(F)c(F)c(F)c4F)C5=O)c(-n4c5ccccc5c5ccccc54)cc(c23)C(=O)N1c1c(F)c(F)c(F)c(F)c1F. The molecule has 2 aliphatic rings. The molecule has 18 heteroatoms. The van der Waals surface area contributed by atoms with Crippen molar-refractivity contribution in [1.29, 1.82) is 0 Å². The molecule has 0 bridgehead atoms. The lowest BCUT2D eigenvalue weighted by molar-refractivity contribution is 0.0874. The monoisotopic (exact) mass is 1050 g/mol. The first-order chi connectivity index (χ1) is 37.6. The smallest absolute Gasteiger partial charge is 0.266 e. The Kier molecular flexibility index (Phi) is 9.65. The molecule has 10 aromatic carbocycles. The van der Waals surface area contributed by atoms with Gasteiger partial charge in [-0.3, -0.25) is 19.2 Å². The van der Waals surface area contributed by atoms with E-state index >= 15 is 44.7 Å². The Hall–Kier alpha value is -10.1. The summed E-state index contributed by atoms with van der Waals surface area (Å²) in [6, 6.07) is 39.2. The van der Waals surface area contributed by atoms with Gasteiger partial charge in [-0.05, 0) is 59.3 Å². The number of fused-ring (bicyclic) bond motifs is 6. The molecule has 14 rings (SSSR count). The van der Waals surface area contributed by atoms with Crippen molar-refractivity contribution in [2.75, 3.05) is 9.80 Å². The van der Waals surface area contributed by atoms with Gasteiger partial charge in [0.25, 0.3) is 23.6 Å². The molecule has 0 radical (unpaired) electrons. The van der Waals surface area contributed by atoms with Crippen molar-refractivity contribution in [3.63, 3.8) is 0 Å². The minimum atomic E-state index is -2.53. The molecular weight excluding hydrogens is 1030 g/mol. The average Bonchev–Trinajstić information content (AvgIpc) is 4.09. The quantitative estimate of drug-likeness (QED) is 0.0744. The van der Waals surface area contributed by atoms with Crippen LogP contribution in [-0.2, 0) is 0 Å². The summed E-state index contributed by atoms with van der Waals surface area (Å²) < 4.78 is 156. The van der Waals surface area contributed by atoms with Gasteiger partial charge in [0, 0.05) is 54.6 Å². The Morgan fingerprint density at radius 1 is 0.269 bits per heavy atom. The second-order valence-corrected chi connectivity index (χ2v) is 18.6. The van der Waals surface area contributed by atoms with Gasteiger partial charge in [0.2, 0.25) is 11.6 Å². The predicted molar refractivity (Wildman–Crippen MR) is 270 cm³/mol. The van der Waals surface area contributed by atoms with E-state index in [2.05, 4.69) is 0 Å². The van der Waals surface area contributed by atoms with Crippen LogP contribution in [0.3, 0.4) is 0 Å². The molecule has 378 valence electrons. The Morgan fingerprint density at radius 3 is 0.833 bits per heavy atom. The second-order valence-electron chi connectivity index (χ2n) is 18.6. The molecule has 0 fully saturated rings. The predicted octanol–water partition coefficient (Wildman–Crippen LogP) is 14.8. The van der Waals surface area contributed by atoms with Gasteiger partial charge in [-0.1, -0.05) is 97.1 Å². The van der Waals surface area contributed by atoms with Crippen molar-refractivity contribution in [2.45, 2.75) is 0 Å². The first-order valence-corrected chi connectivity index (χ1v) is 23.6. The van der Waals surface area contributed by atoms with Gasteiger partial charge in [0.15, 0.2) is 46.5 Å². The number of carbonyl (C=O) groups is 4. The molecule has 0 saturated heterocycles. The zero-order chi connectivity index (χ0) is 54.1. The fourth-order valence-corrected chi connectivity index (χ4v) is 11.5. The highest BCUT2D eigenvalue weighted by Gasteiger charge is 2.44. The largest absolute Gasteiger partial charge is 0.309 e. The minimum absolute atomic E-state index is 0.0693. The summed E-state index contributed by atoms with van der Waals surface area (Å²) >= 11 is 0. The molecule has 78 heavy (non-hydrogen) atoms. The third kappa shape index (κ3) is 5.85. The molecule has 0 atom stereocenters. The molecule has 12 aromatic rings. The Bertz CT molecular complexity index is 4410. The normalized spacial score (nSPS) is 13.6. The summed E-state index contributed by atoms with van der Waals surface area (Å²) in [6.07, 6.45) is 0. The van der Waals surface area contributed by atoms with Gasteiger partial charge in [0.05, 0.1) is 44.6 Å². The van der Waals surface area contributed by atoms with E-state index in [-0.39, 0.29) is 53.8 Å². The zero-order valence-corrected chi connectivity index (χ0v) is 39.1. The molecule has 2 aliphatic heterocycles. The molecule has 2 aromatic heterocycles. The van der Waals surface area contributed by atoms with Crippen LogP contribution < -0.4 is 9.80 Å². The molecule has 0 unspecified atom stereocenters. The Balaban J connectivity index is 1.18. The summed E-state index contributed by atoms with van der Waals surface area (Å²) in [4.78, 5) is 59.7. The molecule has 0 aliphatic carbocycles. The van der Waals surface area contributed by atoms with E-state index in [1.54, 1.807) is 81.9 Å². The highest BCUT2D eigenvalue weighted by atomic mass is 19.2. The van der Waals surface area contributed by atoms with Crippen LogP contribution in [0.25, 0.3) is 87.7 Å². The molecule has 0 saturated carbocycles. The van der Waals surface area contributed by atoms with Gasteiger partial charge in [-0.25, -0.2) is 53.7 Å². The molecule has 8 nitrogen and oxygen atoms in total. The highest BCUT2D eigenvalue weighted by Crippen LogP contribution is 2.51. The van der Waals surface area contributed by atoms with Crippen LogP contribution in [0.2, 0.25) is 0 Å². The topological polar surface area (TPSA) is 84.6 Å². The van der Waals surface area contributed by atoms with E-state index in [0.717, 1.165) is 0 Å². The van der Waals surface area contributed by atoms with E-state index in [0.29, 0.717) is 43.6 Å². The lowest BCUT2D eigenvalue weighted by Crippen LogP contribution is -2.42. The Labute approximate surface area is 429 Å². The summed E-state index contributed by atoms with van der Waals surface area (Å²) in [7, 11) is 0. The number of anilines is 2. The zero-order valence-electron chi connectivity index (χ0n) is 39.1. The number of benzene rings is 10. The second kappa shape index (κ2) is 16.2. The van der Waals surface area contributed by atoms with Crippen molar-refractivity contribution in [2.24, 2.45) is 0 Å². The van der Waals surface area contributed by atoms with Gasteiger partial charge in [-0.2, -0.15) is 0 Å². The van der Waals surface area contributed by atoms with Crippen LogP contribution >= 0.6 is 0 Å².